The monoisotopic (exact) mass is 286 g/mol. The van der Waals surface area contributed by atoms with Crippen molar-refractivity contribution in [2.24, 2.45) is 0 Å². The summed E-state index contributed by atoms with van der Waals surface area (Å²) in [7, 11) is -4.04. The summed E-state index contributed by atoms with van der Waals surface area (Å²) in [4.78, 5) is 3.32. The molecule has 7 heteroatoms. The van der Waals surface area contributed by atoms with E-state index in [0.29, 0.717) is 0 Å². The predicted octanol–water partition coefficient (Wildman–Crippen LogP) is 2.67. The Bertz CT molecular complexity index is 676. The first-order chi connectivity index (χ1) is 8.50. The van der Waals surface area contributed by atoms with Crippen LogP contribution in [0.5, 0.6) is 0 Å². The molecule has 4 nitrogen and oxygen atoms in total. The molecule has 1 aromatic carbocycles. The fraction of sp³-hybridized carbons (Fsp3) is 0. The smallest absolute Gasteiger partial charge is 0.262 e. The highest BCUT2D eigenvalue weighted by Crippen LogP contribution is 2.22. The fourth-order valence-corrected chi connectivity index (χ4v) is 2.64. The highest BCUT2D eigenvalue weighted by atomic mass is 35.5. The number of rotatable bonds is 3. The Kier molecular flexibility index (Phi) is 3.49. The van der Waals surface area contributed by atoms with E-state index in [0.717, 1.165) is 12.1 Å². The van der Waals surface area contributed by atoms with Crippen molar-refractivity contribution in [2.75, 3.05) is 4.72 Å². The fourth-order valence-electron chi connectivity index (χ4n) is 1.31. The average molecular weight is 287 g/mol. The summed E-state index contributed by atoms with van der Waals surface area (Å²) in [6, 6.07) is 8.10. The quantitative estimate of drug-likeness (QED) is 0.944. The number of anilines is 1. The van der Waals surface area contributed by atoms with Crippen LogP contribution in [-0.4, -0.2) is 13.4 Å². The zero-order valence-electron chi connectivity index (χ0n) is 8.97. The van der Waals surface area contributed by atoms with Crippen LogP contribution in [0.4, 0.5) is 10.2 Å². The van der Waals surface area contributed by atoms with Gasteiger partial charge in [-0.2, -0.15) is 0 Å². The van der Waals surface area contributed by atoms with Gasteiger partial charge >= 0.3 is 0 Å². The van der Waals surface area contributed by atoms with Crippen LogP contribution in [0.15, 0.2) is 47.5 Å². The van der Waals surface area contributed by atoms with Crippen LogP contribution < -0.4 is 4.72 Å². The standard InChI is InChI=1S/C11H8ClFN2O2S/c12-8-4-3-7-14-11(8)15-18(16,17)10-6-2-1-5-9(10)13/h1-7H,(H,14,15). The summed E-state index contributed by atoms with van der Waals surface area (Å²) in [6.45, 7) is 0. The van der Waals surface area contributed by atoms with Crippen molar-refractivity contribution in [2.45, 2.75) is 4.90 Å². The maximum absolute atomic E-state index is 13.4. The van der Waals surface area contributed by atoms with Gasteiger partial charge in [0.15, 0.2) is 5.82 Å². The van der Waals surface area contributed by atoms with Crippen molar-refractivity contribution in [1.82, 2.24) is 4.98 Å². The summed E-state index contributed by atoms with van der Waals surface area (Å²) in [5, 5.41) is 0.136. The molecule has 0 fully saturated rings. The second kappa shape index (κ2) is 4.91. The molecule has 0 saturated carbocycles. The third-order valence-corrected chi connectivity index (χ3v) is 3.79. The van der Waals surface area contributed by atoms with E-state index in [4.69, 9.17) is 11.6 Å². The molecule has 0 saturated heterocycles. The van der Waals surface area contributed by atoms with Gasteiger partial charge < -0.3 is 0 Å². The van der Waals surface area contributed by atoms with Gasteiger partial charge in [0.25, 0.3) is 10.0 Å². The molecule has 1 aromatic heterocycles. The van der Waals surface area contributed by atoms with E-state index < -0.39 is 20.7 Å². The minimum Gasteiger partial charge on any atom is -0.262 e. The molecule has 0 spiro atoms. The number of halogens is 2. The van der Waals surface area contributed by atoms with E-state index >= 15 is 0 Å². The van der Waals surface area contributed by atoms with Gasteiger partial charge in [-0.15, -0.1) is 0 Å². The van der Waals surface area contributed by atoms with Crippen LogP contribution in [0.25, 0.3) is 0 Å². The second-order valence-electron chi connectivity index (χ2n) is 3.37. The normalized spacial score (nSPS) is 11.2. The summed E-state index contributed by atoms with van der Waals surface area (Å²) in [5.74, 6) is -0.875. The van der Waals surface area contributed by atoms with E-state index in [-0.39, 0.29) is 10.8 Å². The minimum atomic E-state index is -4.04. The van der Waals surface area contributed by atoms with Crippen molar-refractivity contribution in [3.8, 4) is 0 Å². The van der Waals surface area contributed by atoms with Crippen molar-refractivity contribution < 1.29 is 12.8 Å². The Morgan fingerprint density at radius 3 is 2.56 bits per heavy atom. The van der Waals surface area contributed by atoms with Crippen molar-refractivity contribution >= 4 is 27.4 Å². The predicted molar refractivity (Wildman–Crippen MR) is 66.5 cm³/mol. The van der Waals surface area contributed by atoms with E-state index in [9.17, 15) is 12.8 Å². The minimum absolute atomic E-state index is 0.0394. The number of nitrogens with zero attached hydrogens (tertiary/aromatic N) is 1. The van der Waals surface area contributed by atoms with Gasteiger partial charge in [0.2, 0.25) is 0 Å². The van der Waals surface area contributed by atoms with Gasteiger partial charge in [0.05, 0.1) is 5.02 Å². The Morgan fingerprint density at radius 1 is 1.17 bits per heavy atom. The Hall–Kier alpha value is -1.66. The number of nitrogens with one attached hydrogen (secondary N) is 1. The van der Waals surface area contributed by atoms with Gasteiger partial charge in [-0.3, -0.25) is 4.72 Å². The van der Waals surface area contributed by atoms with Gasteiger partial charge in [0, 0.05) is 6.20 Å². The van der Waals surface area contributed by atoms with Crippen molar-refractivity contribution in [3.63, 3.8) is 0 Å². The molecule has 0 radical (unpaired) electrons. The van der Waals surface area contributed by atoms with Crippen LogP contribution in [0.2, 0.25) is 5.02 Å². The first-order valence-electron chi connectivity index (χ1n) is 4.88. The van der Waals surface area contributed by atoms with Gasteiger partial charge in [-0.05, 0) is 24.3 Å². The van der Waals surface area contributed by atoms with Crippen molar-refractivity contribution in [1.29, 1.82) is 0 Å². The van der Waals surface area contributed by atoms with Crippen LogP contribution in [0, 0.1) is 5.82 Å². The summed E-state index contributed by atoms with van der Waals surface area (Å²) in [5.41, 5.74) is 0. The van der Waals surface area contributed by atoms with Crippen LogP contribution in [-0.2, 0) is 10.0 Å². The summed E-state index contributed by atoms with van der Waals surface area (Å²) >= 11 is 5.77. The lowest BCUT2D eigenvalue weighted by Crippen LogP contribution is -2.15. The highest BCUT2D eigenvalue weighted by Gasteiger charge is 2.19. The largest absolute Gasteiger partial charge is 0.266 e. The molecule has 0 amide bonds. The average Bonchev–Trinajstić information content (AvgIpc) is 2.32. The molecule has 2 aromatic rings. The molecule has 0 bridgehead atoms. The third-order valence-electron chi connectivity index (χ3n) is 2.12. The lowest BCUT2D eigenvalue weighted by Gasteiger charge is -2.08. The molecule has 94 valence electrons. The van der Waals surface area contributed by atoms with E-state index in [1.54, 1.807) is 6.07 Å². The second-order valence-corrected chi connectivity index (χ2v) is 5.43. The molecule has 0 aliphatic rings. The summed E-state index contributed by atoms with van der Waals surface area (Å²) < 4.78 is 39.4. The Morgan fingerprint density at radius 2 is 1.89 bits per heavy atom. The van der Waals surface area contributed by atoms with Crippen LogP contribution in [0.3, 0.4) is 0 Å². The first-order valence-corrected chi connectivity index (χ1v) is 6.75. The number of benzene rings is 1. The van der Waals surface area contributed by atoms with E-state index in [1.807, 2.05) is 0 Å². The molecular weight excluding hydrogens is 279 g/mol. The van der Waals surface area contributed by atoms with Crippen LogP contribution in [0.1, 0.15) is 0 Å². The van der Waals surface area contributed by atoms with Crippen molar-refractivity contribution in [3.05, 3.63) is 53.4 Å². The SMILES string of the molecule is O=S(=O)(Nc1ncccc1Cl)c1ccccc1F. The molecule has 1 heterocycles. The van der Waals surface area contributed by atoms with Gasteiger partial charge in [-0.25, -0.2) is 17.8 Å². The zero-order valence-corrected chi connectivity index (χ0v) is 10.5. The number of aromatic nitrogens is 1. The molecular formula is C11H8ClFN2O2S. The van der Waals surface area contributed by atoms with Gasteiger partial charge in [-0.1, -0.05) is 23.7 Å². The van der Waals surface area contributed by atoms with E-state index in [2.05, 4.69) is 9.71 Å². The molecule has 0 atom stereocenters. The first kappa shape index (κ1) is 12.8. The van der Waals surface area contributed by atoms with E-state index in [1.165, 1.54) is 24.4 Å². The zero-order chi connectivity index (χ0) is 13.2. The van der Waals surface area contributed by atoms with Gasteiger partial charge in [0.1, 0.15) is 10.7 Å². The lowest BCUT2D eigenvalue weighted by molar-refractivity contribution is 0.570. The molecule has 0 aliphatic carbocycles. The molecule has 18 heavy (non-hydrogen) atoms. The van der Waals surface area contributed by atoms with Crippen LogP contribution >= 0.6 is 11.6 Å². The summed E-state index contributed by atoms with van der Waals surface area (Å²) in [6.07, 6.45) is 1.38. The Labute approximate surface area is 108 Å². The number of hydrogen-bond donors (Lipinski definition) is 1. The molecule has 1 N–H and O–H groups in total. The third kappa shape index (κ3) is 2.60. The number of sulfonamides is 1. The maximum Gasteiger partial charge on any atom is 0.266 e. The molecule has 2 rings (SSSR count). The topological polar surface area (TPSA) is 59.1 Å². The highest BCUT2D eigenvalue weighted by molar-refractivity contribution is 7.92. The number of pyridine rings is 1. The maximum atomic E-state index is 13.4. The lowest BCUT2D eigenvalue weighted by atomic mass is 10.4. The Balaban J connectivity index is 2.40. The molecule has 0 unspecified atom stereocenters. The number of hydrogen-bond acceptors (Lipinski definition) is 3. The molecule has 0 aliphatic heterocycles.